The number of methoxy groups -OCH3 is 1. The summed E-state index contributed by atoms with van der Waals surface area (Å²) in [7, 11) is 1.38. The van der Waals surface area contributed by atoms with Gasteiger partial charge in [0.2, 0.25) is 0 Å². The van der Waals surface area contributed by atoms with Gasteiger partial charge in [-0.3, -0.25) is 4.68 Å². The minimum absolute atomic E-state index is 0.114. The van der Waals surface area contributed by atoms with Gasteiger partial charge in [-0.2, -0.15) is 5.10 Å². The summed E-state index contributed by atoms with van der Waals surface area (Å²) in [5, 5.41) is 7.61. The van der Waals surface area contributed by atoms with Gasteiger partial charge in [0.05, 0.1) is 24.9 Å². The molecular weight excluding hydrogens is 254 g/mol. The maximum atomic E-state index is 11.5. The van der Waals surface area contributed by atoms with Crippen molar-refractivity contribution in [1.82, 2.24) is 9.78 Å². The molecule has 0 aliphatic carbocycles. The minimum atomic E-state index is -0.333. The molecule has 1 aromatic carbocycles. The van der Waals surface area contributed by atoms with Crippen molar-refractivity contribution >= 4 is 11.7 Å². The number of nitrogens with one attached hydrogen (secondary N) is 1. The Morgan fingerprint density at radius 1 is 1.50 bits per heavy atom. The number of nitrogens with zero attached hydrogens (tertiary/aromatic N) is 2. The van der Waals surface area contributed by atoms with Crippen LogP contribution in [0.25, 0.3) is 0 Å². The first-order chi connectivity index (χ1) is 9.63. The number of carbonyl (C=O) groups excluding carboxylic acids is 1. The topological polar surface area (TPSA) is 56.2 Å². The van der Waals surface area contributed by atoms with Crippen LogP contribution in [-0.2, 0) is 11.3 Å². The van der Waals surface area contributed by atoms with Crippen molar-refractivity contribution in [1.29, 1.82) is 0 Å². The zero-order valence-corrected chi connectivity index (χ0v) is 12.0. The summed E-state index contributed by atoms with van der Waals surface area (Å²) in [6.07, 6.45) is 3.87. The van der Waals surface area contributed by atoms with Gasteiger partial charge in [-0.25, -0.2) is 4.79 Å². The fraction of sp³-hybridized carbons (Fsp3) is 0.333. The molecule has 0 aliphatic heterocycles. The predicted molar refractivity (Wildman–Crippen MR) is 77.7 cm³/mol. The van der Waals surface area contributed by atoms with Gasteiger partial charge < -0.3 is 10.1 Å². The van der Waals surface area contributed by atoms with Crippen molar-refractivity contribution in [2.24, 2.45) is 0 Å². The molecule has 0 saturated carbocycles. The lowest BCUT2D eigenvalue weighted by Crippen LogP contribution is -2.07. The number of esters is 1. The van der Waals surface area contributed by atoms with Crippen LogP contribution in [0.4, 0.5) is 5.69 Å². The summed E-state index contributed by atoms with van der Waals surface area (Å²) in [6, 6.07) is 7.39. The average Bonchev–Trinajstić information content (AvgIpc) is 2.95. The van der Waals surface area contributed by atoms with E-state index in [4.69, 9.17) is 4.74 Å². The van der Waals surface area contributed by atoms with E-state index in [1.54, 1.807) is 12.1 Å². The molecule has 2 rings (SSSR count). The molecule has 0 amide bonds. The zero-order valence-electron chi connectivity index (χ0n) is 12.0. The first kappa shape index (κ1) is 14.1. The van der Waals surface area contributed by atoms with Gasteiger partial charge in [0.15, 0.2) is 0 Å². The maximum Gasteiger partial charge on any atom is 0.337 e. The summed E-state index contributed by atoms with van der Waals surface area (Å²) < 4.78 is 6.61. The van der Waals surface area contributed by atoms with E-state index in [9.17, 15) is 4.79 Å². The molecule has 0 fully saturated rings. The third kappa shape index (κ3) is 3.17. The Kier molecular flexibility index (Phi) is 4.40. The quantitative estimate of drug-likeness (QED) is 0.851. The first-order valence-electron chi connectivity index (χ1n) is 6.61. The number of carbonyl (C=O) groups is 1. The molecule has 1 aromatic heterocycles. The van der Waals surface area contributed by atoms with Gasteiger partial charge in [-0.15, -0.1) is 0 Å². The summed E-state index contributed by atoms with van der Waals surface area (Å²) in [5.41, 5.74) is 2.52. The number of aryl methyl sites for hydroxylation is 1. The largest absolute Gasteiger partial charge is 0.465 e. The Labute approximate surface area is 118 Å². The Hall–Kier alpha value is -2.30. The second kappa shape index (κ2) is 6.23. The Morgan fingerprint density at radius 3 is 2.95 bits per heavy atom. The smallest absolute Gasteiger partial charge is 0.337 e. The molecule has 1 atom stereocenters. The van der Waals surface area contributed by atoms with E-state index in [1.807, 2.05) is 29.2 Å². The van der Waals surface area contributed by atoms with Crippen LogP contribution < -0.4 is 5.32 Å². The summed E-state index contributed by atoms with van der Waals surface area (Å²) in [6.45, 7) is 4.96. The van der Waals surface area contributed by atoms with E-state index in [1.165, 1.54) is 7.11 Å². The molecule has 0 bridgehead atoms. The van der Waals surface area contributed by atoms with E-state index in [2.05, 4.69) is 24.3 Å². The molecule has 0 radical (unpaired) electrons. The monoisotopic (exact) mass is 273 g/mol. The molecule has 5 heteroatoms. The Bertz CT molecular complexity index is 592. The average molecular weight is 273 g/mol. The van der Waals surface area contributed by atoms with Gasteiger partial charge in [-0.1, -0.05) is 6.07 Å². The number of aromatic nitrogens is 2. The van der Waals surface area contributed by atoms with Crippen molar-refractivity contribution in [3.63, 3.8) is 0 Å². The van der Waals surface area contributed by atoms with Crippen LogP contribution in [0.5, 0.6) is 0 Å². The van der Waals surface area contributed by atoms with Crippen LogP contribution in [-0.4, -0.2) is 22.9 Å². The molecular formula is C15H19N3O2. The van der Waals surface area contributed by atoms with E-state index in [-0.39, 0.29) is 12.0 Å². The van der Waals surface area contributed by atoms with Crippen molar-refractivity contribution in [3.05, 3.63) is 47.8 Å². The lowest BCUT2D eigenvalue weighted by Gasteiger charge is -2.14. The van der Waals surface area contributed by atoms with Crippen LogP contribution in [0.3, 0.4) is 0 Å². The van der Waals surface area contributed by atoms with Crippen LogP contribution >= 0.6 is 0 Å². The molecule has 20 heavy (non-hydrogen) atoms. The molecule has 1 unspecified atom stereocenters. The molecule has 0 aliphatic rings. The van der Waals surface area contributed by atoms with Crippen LogP contribution in [0.1, 0.15) is 35.8 Å². The molecule has 106 valence electrons. The lowest BCUT2D eigenvalue weighted by molar-refractivity contribution is 0.0601. The zero-order chi connectivity index (χ0) is 14.5. The Morgan fingerprint density at radius 2 is 2.30 bits per heavy atom. The summed E-state index contributed by atoms with van der Waals surface area (Å²) in [5.74, 6) is -0.333. The number of ether oxygens (including phenoxy) is 1. The number of rotatable bonds is 5. The third-order valence-corrected chi connectivity index (χ3v) is 3.14. The van der Waals surface area contributed by atoms with Crippen LogP contribution in [0.2, 0.25) is 0 Å². The third-order valence-electron chi connectivity index (χ3n) is 3.14. The SMILES string of the molecule is CCn1cc(C(C)Nc2cccc(C(=O)OC)c2)cn1. The second-order valence-electron chi connectivity index (χ2n) is 4.57. The Balaban J connectivity index is 2.11. The highest BCUT2D eigenvalue weighted by Crippen LogP contribution is 2.20. The van der Waals surface area contributed by atoms with Crippen molar-refractivity contribution in [2.75, 3.05) is 12.4 Å². The number of anilines is 1. The van der Waals surface area contributed by atoms with Crippen molar-refractivity contribution in [2.45, 2.75) is 26.4 Å². The summed E-state index contributed by atoms with van der Waals surface area (Å²) >= 11 is 0. The maximum absolute atomic E-state index is 11.5. The van der Waals surface area contributed by atoms with E-state index < -0.39 is 0 Å². The normalized spacial score (nSPS) is 11.9. The van der Waals surface area contributed by atoms with Gasteiger partial charge >= 0.3 is 5.97 Å². The highest BCUT2D eigenvalue weighted by atomic mass is 16.5. The second-order valence-corrected chi connectivity index (χ2v) is 4.57. The van der Waals surface area contributed by atoms with Crippen molar-refractivity contribution < 1.29 is 9.53 Å². The lowest BCUT2D eigenvalue weighted by atomic mass is 10.1. The molecule has 0 saturated heterocycles. The van der Waals surface area contributed by atoms with E-state index in [0.717, 1.165) is 17.8 Å². The van der Waals surface area contributed by atoms with E-state index >= 15 is 0 Å². The minimum Gasteiger partial charge on any atom is -0.465 e. The van der Waals surface area contributed by atoms with Gasteiger partial charge in [0.25, 0.3) is 0 Å². The molecule has 2 aromatic rings. The number of hydrogen-bond donors (Lipinski definition) is 1. The predicted octanol–water partition coefficient (Wildman–Crippen LogP) is 2.86. The fourth-order valence-corrected chi connectivity index (χ4v) is 1.96. The number of benzene rings is 1. The van der Waals surface area contributed by atoms with Crippen LogP contribution in [0.15, 0.2) is 36.7 Å². The summed E-state index contributed by atoms with van der Waals surface area (Å²) in [4.78, 5) is 11.5. The fourth-order valence-electron chi connectivity index (χ4n) is 1.96. The van der Waals surface area contributed by atoms with Crippen LogP contribution in [0, 0.1) is 0 Å². The number of hydrogen-bond acceptors (Lipinski definition) is 4. The van der Waals surface area contributed by atoms with Gasteiger partial charge in [-0.05, 0) is 32.0 Å². The molecule has 1 N–H and O–H groups in total. The van der Waals surface area contributed by atoms with Gasteiger partial charge in [0, 0.05) is 24.0 Å². The molecule has 1 heterocycles. The van der Waals surface area contributed by atoms with E-state index in [0.29, 0.717) is 5.56 Å². The van der Waals surface area contributed by atoms with Gasteiger partial charge in [0.1, 0.15) is 0 Å². The molecule has 0 spiro atoms. The highest BCUT2D eigenvalue weighted by molar-refractivity contribution is 5.90. The molecule has 5 nitrogen and oxygen atoms in total. The highest BCUT2D eigenvalue weighted by Gasteiger charge is 2.10. The standard InChI is InChI=1S/C15H19N3O2/c1-4-18-10-13(9-16-18)11(2)17-14-7-5-6-12(8-14)15(19)20-3/h5-11,17H,4H2,1-3H3. The first-order valence-corrected chi connectivity index (χ1v) is 6.61. The van der Waals surface area contributed by atoms with Crippen molar-refractivity contribution in [3.8, 4) is 0 Å².